The van der Waals surface area contributed by atoms with E-state index in [2.05, 4.69) is 27.4 Å². The number of benzene rings is 2. The monoisotopic (exact) mass is 861 g/mol. The fourth-order valence-corrected chi connectivity index (χ4v) is 10.3. The minimum atomic E-state index is -5.08. The van der Waals surface area contributed by atoms with Crippen molar-refractivity contribution in [1.29, 1.82) is 0 Å². The van der Waals surface area contributed by atoms with Gasteiger partial charge in [-0.25, -0.2) is 22.2 Å². The standard InChI is InChI=1S/C40H35ClF7N7O3S/c1-38(2,59(57,58)23-5-6-23)13-12-22-4-7-24(25-9-11-28(41)32-34(25)54(3)53-37(32)49)33(50-22)29(16-19-14-20(42)17-21(43)15-19)51-30(56)18-55-36-31(35(52-55)40(46,47)48)26-8-10-27(26)39(36,44)45/h4,7,9,11,14-15,17,23,26-27,29H,5-6,8,10,16,18H2,1-3H3,(H2,49,53)(H,51,56)/t26-,27+,29-/m0/s1. The molecule has 2 saturated carbocycles. The molecule has 310 valence electrons. The second-order valence-electron chi connectivity index (χ2n) is 15.7. The SMILES string of the molecule is Cn1nc(N)c2c(Cl)ccc(-c3ccc(C#CC(C)(C)S(=O)(=O)C4CC4)nc3[C@H](Cc3cc(F)cc(F)c3)NC(=O)Cn3nc(C(F)(F)F)c4c3C(F)(F)[C@@H]3CC[C@H]43)c21. The van der Waals surface area contributed by atoms with Crippen molar-refractivity contribution in [2.45, 2.75) is 86.6 Å². The van der Waals surface area contributed by atoms with Crippen LogP contribution in [0, 0.1) is 29.4 Å². The van der Waals surface area contributed by atoms with Gasteiger partial charge >= 0.3 is 6.18 Å². The number of nitrogens with one attached hydrogen (secondary N) is 1. The highest BCUT2D eigenvalue weighted by molar-refractivity contribution is 7.93. The number of halogens is 8. The molecule has 0 unspecified atom stereocenters. The van der Waals surface area contributed by atoms with Crippen molar-refractivity contribution >= 4 is 44.1 Å². The molecule has 3 atom stereocenters. The Labute approximate surface area is 338 Å². The number of rotatable bonds is 9. The van der Waals surface area contributed by atoms with E-state index in [0.717, 1.165) is 12.1 Å². The lowest BCUT2D eigenvalue weighted by atomic mass is 9.73. The van der Waals surface area contributed by atoms with Gasteiger partial charge in [0.1, 0.15) is 34.3 Å². The summed E-state index contributed by atoms with van der Waals surface area (Å²) in [6.45, 7) is 1.85. The van der Waals surface area contributed by atoms with Crippen LogP contribution in [0.3, 0.4) is 0 Å². The van der Waals surface area contributed by atoms with E-state index in [4.69, 9.17) is 22.3 Å². The van der Waals surface area contributed by atoms with E-state index in [1.54, 1.807) is 25.2 Å². The third-order valence-corrected chi connectivity index (χ3v) is 14.5. The number of aryl methyl sites for hydroxylation is 1. The van der Waals surface area contributed by atoms with E-state index < -0.39 is 90.8 Å². The fraction of sp³-hybridized carbons (Fsp3) is 0.400. The van der Waals surface area contributed by atoms with Gasteiger partial charge in [0, 0.05) is 35.7 Å². The van der Waals surface area contributed by atoms with Crippen LogP contribution in [0.5, 0.6) is 0 Å². The summed E-state index contributed by atoms with van der Waals surface area (Å²) in [5.41, 5.74) is 4.28. The summed E-state index contributed by atoms with van der Waals surface area (Å²) in [5.74, 6) is -3.41. The van der Waals surface area contributed by atoms with E-state index in [9.17, 15) is 35.2 Å². The van der Waals surface area contributed by atoms with Crippen LogP contribution in [0.1, 0.15) is 85.4 Å². The molecule has 2 fully saturated rings. The molecule has 0 bridgehead atoms. The third kappa shape index (κ3) is 6.99. The molecular weight excluding hydrogens is 827 g/mol. The third-order valence-electron chi connectivity index (χ3n) is 11.4. The molecular formula is C40H35ClF7N7O3S. The Morgan fingerprint density at radius 3 is 2.34 bits per heavy atom. The predicted octanol–water partition coefficient (Wildman–Crippen LogP) is 7.77. The second kappa shape index (κ2) is 14.0. The Balaban J connectivity index is 1.27. The minimum absolute atomic E-state index is 0.000237. The first-order valence-electron chi connectivity index (χ1n) is 18.6. The number of nitrogen functional groups attached to an aromatic ring is 1. The van der Waals surface area contributed by atoms with E-state index in [1.807, 2.05) is 0 Å². The molecule has 0 radical (unpaired) electrons. The number of carbonyl (C=O) groups excluding carboxylic acids is 1. The van der Waals surface area contributed by atoms with Gasteiger partial charge in [0.2, 0.25) is 5.91 Å². The minimum Gasteiger partial charge on any atom is -0.382 e. The summed E-state index contributed by atoms with van der Waals surface area (Å²) >= 11 is 6.53. The summed E-state index contributed by atoms with van der Waals surface area (Å²) in [7, 11) is -2.06. The molecule has 3 N–H and O–H groups in total. The zero-order chi connectivity index (χ0) is 42.6. The van der Waals surface area contributed by atoms with Gasteiger partial charge in [-0.05, 0) is 93.7 Å². The molecule has 3 aromatic heterocycles. The molecule has 8 rings (SSSR count). The number of aromatic nitrogens is 5. The lowest BCUT2D eigenvalue weighted by molar-refractivity contribution is -0.144. The van der Waals surface area contributed by atoms with Crippen molar-refractivity contribution < 1.29 is 43.9 Å². The van der Waals surface area contributed by atoms with Gasteiger partial charge in [0.25, 0.3) is 5.92 Å². The van der Waals surface area contributed by atoms with Crippen molar-refractivity contribution in [1.82, 2.24) is 29.9 Å². The number of hydrogen-bond acceptors (Lipinski definition) is 7. The highest BCUT2D eigenvalue weighted by Gasteiger charge is 2.63. The summed E-state index contributed by atoms with van der Waals surface area (Å²) in [5, 5.41) is 10.5. The summed E-state index contributed by atoms with van der Waals surface area (Å²) in [6, 6.07) is 7.49. The van der Waals surface area contributed by atoms with Crippen molar-refractivity contribution in [3.63, 3.8) is 0 Å². The van der Waals surface area contributed by atoms with Crippen molar-refractivity contribution in [3.05, 3.63) is 93.0 Å². The number of amides is 1. The molecule has 19 heteroatoms. The molecule has 3 heterocycles. The van der Waals surface area contributed by atoms with Crippen LogP contribution < -0.4 is 11.1 Å². The van der Waals surface area contributed by atoms with E-state index in [1.165, 1.54) is 24.6 Å². The number of hydrogen-bond donors (Lipinski definition) is 2. The smallest absolute Gasteiger partial charge is 0.382 e. The predicted molar refractivity (Wildman–Crippen MR) is 204 cm³/mol. The van der Waals surface area contributed by atoms with Crippen LogP contribution in [0.2, 0.25) is 5.02 Å². The first-order valence-corrected chi connectivity index (χ1v) is 20.5. The Morgan fingerprint density at radius 2 is 1.71 bits per heavy atom. The molecule has 0 spiro atoms. The number of nitrogens with zero attached hydrogens (tertiary/aromatic N) is 5. The van der Waals surface area contributed by atoms with Crippen molar-refractivity contribution in [3.8, 4) is 23.0 Å². The van der Waals surface area contributed by atoms with E-state index >= 15 is 8.78 Å². The number of pyridine rings is 1. The van der Waals surface area contributed by atoms with Crippen LogP contribution >= 0.6 is 11.6 Å². The molecule has 0 aliphatic heterocycles. The van der Waals surface area contributed by atoms with Crippen molar-refractivity contribution in [2.24, 2.45) is 13.0 Å². The van der Waals surface area contributed by atoms with Crippen molar-refractivity contribution in [2.75, 3.05) is 5.73 Å². The summed E-state index contributed by atoms with van der Waals surface area (Å²) in [4.78, 5) is 18.8. The van der Waals surface area contributed by atoms with Crippen LogP contribution in [0.4, 0.5) is 36.6 Å². The van der Waals surface area contributed by atoms with Crippen LogP contribution in [0.15, 0.2) is 42.5 Å². The first kappa shape index (κ1) is 40.6. The maximum absolute atomic E-state index is 15.7. The van der Waals surface area contributed by atoms with Crippen LogP contribution in [0.25, 0.3) is 22.0 Å². The quantitative estimate of drug-likeness (QED) is 0.114. The highest BCUT2D eigenvalue weighted by Crippen LogP contribution is 2.64. The topological polar surface area (TPSA) is 138 Å². The van der Waals surface area contributed by atoms with Gasteiger partial charge in [-0.2, -0.15) is 32.1 Å². The highest BCUT2D eigenvalue weighted by atomic mass is 35.5. The molecule has 3 aliphatic rings. The van der Waals surface area contributed by atoms with Crippen LogP contribution in [-0.2, 0) is 46.7 Å². The summed E-state index contributed by atoms with van der Waals surface area (Å²) in [6.07, 6.45) is -4.33. The Hall–Kier alpha value is -5.15. The van der Waals surface area contributed by atoms with Gasteiger partial charge < -0.3 is 11.1 Å². The van der Waals surface area contributed by atoms with Gasteiger partial charge in [-0.3, -0.25) is 14.2 Å². The number of anilines is 1. The van der Waals surface area contributed by atoms with E-state index in [0.29, 0.717) is 40.1 Å². The average Bonchev–Trinajstić information content (AvgIpc) is 3.81. The number of alkyl halides is 5. The molecule has 2 aromatic carbocycles. The van der Waals surface area contributed by atoms with Gasteiger partial charge in [0.05, 0.1) is 32.9 Å². The first-order chi connectivity index (χ1) is 27.6. The summed E-state index contributed by atoms with van der Waals surface area (Å²) < 4.78 is 130. The second-order valence-corrected chi connectivity index (χ2v) is 18.9. The Morgan fingerprint density at radius 1 is 1.03 bits per heavy atom. The maximum Gasteiger partial charge on any atom is 0.435 e. The Bertz CT molecular complexity index is 2730. The lowest BCUT2D eigenvalue weighted by Crippen LogP contribution is -2.36. The number of fused-ring (bicyclic) bond motifs is 4. The molecule has 5 aromatic rings. The van der Waals surface area contributed by atoms with Gasteiger partial charge in [-0.15, -0.1) is 0 Å². The van der Waals surface area contributed by atoms with E-state index in [-0.39, 0.29) is 52.6 Å². The molecule has 0 saturated heterocycles. The number of sulfone groups is 1. The Kier molecular flexibility index (Phi) is 9.62. The number of carbonyl (C=O) groups is 1. The molecule has 10 nitrogen and oxygen atoms in total. The molecule has 1 amide bonds. The normalized spacial score (nSPS) is 19.1. The van der Waals surface area contributed by atoms with Crippen LogP contribution in [-0.4, -0.2) is 48.9 Å². The number of nitrogens with two attached hydrogens (primary N) is 1. The van der Waals surface area contributed by atoms with Gasteiger partial charge in [-0.1, -0.05) is 23.6 Å². The zero-order valence-electron chi connectivity index (χ0n) is 31.6. The lowest BCUT2D eigenvalue weighted by Gasteiger charge is -2.34. The molecule has 59 heavy (non-hydrogen) atoms. The maximum atomic E-state index is 15.7. The molecule has 3 aliphatic carbocycles. The van der Waals surface area contributed by atoms with Gasteiger partial charge in [0.15, 0.2) is 21.3 Å². The fourth-order valence-electron chi connectivity index (χ4n) is 8.26. The average molecular weight is 862 g/mol. The zero-order valence-corrected chi connectivity index (χ0v) is 33.1. The largest absolute Gasteiger partial charge is 0.435 e.